The van der Waals surface area contributed by atoms with Crippen LogP contribution in [0, 0.1) is 6.92 Å². The second-order valence-electron chi connectivity index (χ2n) is 8.02. The number of hydrogen-bond donors (Lipinski definition) is 1. The van der Waals surface area contributed by atoms with Crippen LogP contribution in [0.1, 0.15) is 44.7 Å². The molecule has 0 unspecified atom stereocenters. The van der Waals surface area contributed by atoms with Crippen LogP contribution in [0.15, 0.2) is 36.5 Å². The molecule has 3 heterocycles. The fourth-order valence-corrected chi connectivity index (χ4v) is 4.63. The number of aryl methyl sites for hydroxylation is 1. The predicted octanol–water partition coefficient (Wildman–Crippen LogP) is 5.11. The Hall–Kier alpha value is -2.51. The van der Waals surface area contributed by atoms with E-state index in [0.717, 1.165) is 45.6 Å². The van der Waals surface area contributed by atoms with E-state index in [2.05, 4.69) is 24.0 Å². The largest absolute Gasteiger partial charge is 0.494 e. The van der Waals surface area contributed by atoms with Crippen molar-refractivity contribution in [2.45, 2.75) is 52.1 Å². The SMILES string of the molecule is CCCCCCCOc1ccc(-c2nc(C)c(-c3ccnc(N4CC(O)C4)n3)s2)cc1. The van der Waals surface area contributed by atoms with Crippen LogP contribution in [0.5, 0.6) is 5.75 Å². The molecule has 31 heavy (non-hydrogen) atoms. The van der Waals surface area contributed by atoms with Crippen LogP contribution in [0.2, 0.25) is 0 Å². The zero-order valence-corrected chi connectivity index (χ0v) is 19.1. The fraction of sp³-hybridized carbons (Fsp3) is 0.458. The summed E-state index contributed by atoms with van der Waals surface area (Å²) in [6.07, 6.45) is 7.69. The molecule has 1 aromatic carbocycles. The molecule has 0 aliphatic carbocycles. The van der Waals surface area contributed by atoms with Gasteiger partial charge in [-0.15, -0.1) is 11.3 Å². The third-order valence-electron chi connectivity index (χ3n) is 5.44. The van der Waals surface area contributed by atoms with Crippen molar-refractivity contribution in [3.05, 3.63) is 42.2 Å². The van der Waals surface area contributed by atoms with E-state index >= 15 is 0 Å². The standard InChI is InChI=1S/C24H30N4O2S/c1-3-4-5-6-7-14-30-20-10-8-18(9-11-20)23-26-17(2)22(31-23)21-12-13-25-24(27-21)28-15-19(29)16-28/h8-13,19,29H,3-7,14-16H2,1-2H3. The average Bonchev–Trinajstić information content (AvgIpc) is 3.16. The van der Waals surface area contributed by atoms with Gasteiger partial charge in [-0.3, -0.25) is 0 Å². The molecule has 0 amide bonds. The van der Waals surface area contributed by atoms with Gasteiger partial charge in [-0.25, -0.2) is 15.0 Å². The molecule has 7 heteroatoms. The van der Waals surface area contributed by atoms with Crippen molar-refractivity contribution in [3.63, 3.8) is 0 Å². The molecular formula is C24H30N4O2S. The lowest BCUT2D eigenvalue weighted by molar-refractivity contribution is 0.140. The Kier molecular flexibility index (Phi) is 7.14. The van der Waals surface area contributed by atoms with Crippen LogP contribution in [-0.2, 0) is 0 Å². The van der Waals surface area contributed by atoms with Gasteiger partial charge in [-0.1, -0.05) is 32.6 Å². The number of unbranched alkanes of at least 4 members (excludes halogenated alkanes) is 4. The smallest absolute Gasteiger partial charge is 0.226 e. The summed E-state index contributed by atoms with van der Waals surface area (Å²) in [4.78, 5) is 16.8. The lowest BCUT2D eigenvalue weighted by Crippen LogP contribution is -2.51. The Bertz CT molecular complexity index is 983. The van der Waals surface area contributed by atoms with Crippen molar-refractivity contribution in [3.8, 4) is 26.9 Å². The molecule has 2 aromatic heterocycles. The van der Waals surface area contributed by atoms with Crippen molar-refractivity contribution < 1.29 is 9.84 Å². The summed E-state index contributed by atoms with van der Waals surface area (Å²) in [7, 11) is 0. The number of aliphatic hydroxyl groups excluding tert-OH is 1. The molecule has 0 atom stereocenters. The number of hydrogen-bond acceptors (Lipinski definition) is 7. The molecule has 0 radical (unpaired) electrons. The third-order valence-corrected chi connectivity index (χ3v) is 6.66. The summed E-state index contributed by atoms with van der Waals surface area (Å²) in [5, 5.41) is 10.5. The molecule has 0 bridgehead atoms. The predicted molar refractivity (Wildman–Crippen MR) is 126 cm³/mol. The van der Waals surface area contributed by atoms with E-state index in [0.29, 0.717) is 19.0 Å². The second kappa shape index (κ2) is 10.2. The minimum absolute atomic E-state index is 0.281. The van der Waals surface area contributed by atoms with Gasteiger partial charge >= 0.3 is 0 Å². The van der Waals surface area contributed by atoms with Crippen molar-refractivity contribution in [2.24, 2.45) is 0 Å². The Labute approximate surface area is 188 Å². The average molecular weight is 439 g/mol. The van der Waals surface area contributed by atoms with E-state index in [1.807, 2.05) is 30.0 Å². The maximum absolute atomic E-state index is 9.54. The van der Waals surface area contributed by atoms with Crippen molar-refractivity contribution in [1.29, 1.82) is 0 Å². The fourth-order valence-electron chi connectivity index (χ4n) is 3.59. The lowest BCUT2D eigenvalue weighted by atomic mass is 10.2. The van der Waals surface area contributed by atoms with E-state index in [1.54, 1.807) is 17.5 Å². The summed E-state index contributed by atoms with van der Waals surface area (Å²) >= 11 is 1.64. The van der Waals surface area contributed by atoms with Gasteiger partial charge in [0.15, 0.2) is 0 Å². The van der Waals surface area contributed by atoms with Crippen LogP contribution < -0.4 is 9.64 Å². The van der Waals surface area contributed by atoms with E-state index in [4.69, 9.17) is 14.7 Å². The van der Waals surface area contributed by atoms with Crippen molar-refractivity contribution >= 4 is 17.3 Å². The maximum Gasteiger partial charge on any atom is 0.226 e. The van der Waals surface area contributed by atoms with Gasteiger partial charge in [0.05, 0.1) is 29.0 Å². The molecule has 1 saturated heterocycles. The molecule has 3 aromatic rings. The molecule has 6 nitrogen and oxygen atoms in total. The van der Waals surface area contributed by atoms with Crippen LogP contribution in [0.3, 0.4) is 0 Å². The van der Waals surface area contributed by atoms with E-state index in [9.17, 15) is 5.11 Å². The number of anilines is 1. The lowest BCUT2D eigenvalue weighted by Gasteiger charge is -2.35. The zero-order valence-electron chi connectivity index (χ0n) is 18.3. The highest BCUT2D eigenvalue weighted by atomic mass is 32.1. The Balaban J connectivity index is 1.40. The number of aromatic nitrogens is 3. The first kappa shape index (κ1) is 21.7. The summed E-state index contributed by atoms with van der Waals surface area (Å²) in [5.41, 5.74) is 2.91. The molecule has 4 rings (SSSR count). The van der Waals surface area contributed by atoms with E-state index in [-0.39, 0.29) is 6.10 Å². The Morgan fingerprint density at radius 3 is 2.58 bits per heavy atom. The Morgan fingerprint density at radius 2 is 1.84 bits per heavy atom. The topological polar surface area (TPSA) is 71.4 Å². The third kappa shape index (κ3) is 5.40. The molecule has 1 N–H and O–H groups in total. The summed E-state index contributed by atoms with van der Waals surface area (Å²) in [5.74, 6) is 1.57. The quantitative estimate of drug-likeness (QED) is 0.444. The van der Waals surface area contributed by atoms with Gasteiger partial charge in [0.1, 0.15) is 10.8 Å². The van der Waals surface area contributed by atoms with Gasteiger partial charge in [0.2, 0.25) is 5.95 Å². The number of ether oxygens (including phenoxy) is 1. The molecule has 0 spiro atoms. The first-order chi connectivity index (χ1) is 15.1. The summed E-state index contributed by atoms with van der Waals surface area (Å²) < 4.78 is 5.88. The number of rotatable bonds is 10. The molecule has 1 fully saturated rings. The molecule has 164 valence electrons. The van der Waals surface area contributed by atoms with Crippen molar-refractivity contribution in [1.82, 2.24) is 15.0 Å². The van der Waals surface area contributed by atoms with E-state index in [1.165, 1.54) is 25.7 Å². The van der Waals surface area contributed by atoms with Crippen LogP contribution in [0.4, 0.5) is 5.95 Å². The minimum Gasteiger partial charge on any atom is -0.494 e. The molecule has 0 saturated carbocycles. The van der Waals surface area contributed by atoms with Gasteiger partial charge in [0, 0.05) is 24.8 Å². The van der Waals surface area contributed by atoms with E-state index < -0.39 is 0 Å². The highest BCUT2D eigenvalue weighted by Crippen LogP contribution is 2.35. The monoisotopic (exact) mass is 438 g/mol. The number of benzene rings is 1. The molecule has 1 aliphatic rings. The number of aliphatic hydroxyl groups is 1. The van der Waals surface area contributed by atoms with Crippen molar-refractivity contribution in [2.75, 3.05) is 24.6 Å². The summed E-state index contributed by atoms with van der Waals surface area (Å²) in [6, 6.07) is 10.1. The number of nitrogens with zero attached hydrogens (tertiary/aromatic N) is 4. The van der Waals surface area contributed by atoms with Crippen LogP contribution in [-0.4, -0.2) is 45.9 Å². The second-order valence-corrected chi connectivity index (χ2v) is 9.02. The first-order valence-electron chi connectivity index (χ1n) is 11.1. The highest BCUT2D eigenvalue weighted by molar-refractivity contribution is 7.18. The summed E-state index contributed by atoms with van der Waals surface area (Å²) in [6.45, 7) is 6.19. The zero-order chi connectivity index (χ0) is 21.6. The molecule has 1 aliphatic heterocycles. The maximum atomic E-state index is 9.54. The van der Waals surface area contributed by atoms with Gasteiger partial charge in [-0.2, -0.15) is 0 Å². The van der Waals surface area contributed by atoms with Gasteiger partial charge in [0.25, 0.3) is 0 Å². The van der Waals surface area contributed by atoms with Crippen LogP contribution >= 0.6 is 11.3 Å². The Morgan fingerprint density at radius 1 is 1.06 bits per heavy atom. The van der Waals surface area contributed by atoms with Gasteiger partial charge in [-0.05, 0) is 43.7 Å². The normalized spacial score (nSPS) is 14.0. The molecular weight excluding hydrogens is 408 g/mol. The minimum atomic E-state index is -0.281. The highest BCUT2D eigenvalue weighted by Gasteiger charge is 2.27. The first-order valence-corrected chi connectivity index (χ1v) is 11.9. The van der Waals surface area contributed by atoms with Gasteiger partial charge < -0.3 is 14.7 Å². The number of β-amino-alcohol motifs (C(OH)–C–C–N with tert-alkyl or cyclic N) is 1. The number of thiazole rings is 1. The van der Waals surface area contributed by atoms with Crippen LogP contribution in [0.25, 0.3) is 21.1 Å².